The second-order valence-corrected chi connectivity index (χ2v) is 3.39. The maximum atomic E-state index is 11.1. The van der Waals surface area contributed by atoms with Crippen molar-refractivity contribution in [1.29, 1.82) is 0 Å². The summed E-state index contributed by atoms with van der Waals surface area (Å²) in [5.74, 6) is -0.321. The van der Waals surface area contributed by atoms with Crippen molar-refractivity contribution in [2.75, 3.05) is 6.61 Å². The van der Waals surface area contributed by atoms with Crippen molar-refractivity contribution in [2.24, 2.45) is 0 Å². The van der Waals surface area contributed by atoms with Gasteiger partial charge >= 0.3 is 5.97 Å². The molecule has 0 atom stereocenters. The van der Waals surface area contributed by atoms with Gasteiger partial charge in [0.05, 0.1) is 28.8 Å². The summed E-state index contributed by atoms with van der Waals surface area (Å²) in [6, 6.07) is 1.56. The summed E-state index contributed by atoms with van der Waals surface area (Å²) in [6.45, 7) is 2.11. The molecule has 5 heteroatoms. The summed E-state index contributed by atoms with van der Waals surface area (Å²) in [5.41, 5.74) is 0.554. The molecule has 0 spiro atoms. The zero-order valence-electron chi connectivity index (χ0n) is 7.59. The standard InChI is InChI=1S/C9H9Cl2NO2/c1-2-14-9(13)4-6-3-7(10)8(11)5-12-6/h3,5H,2,4H2,1H3. The third kappa shape index (κ3) is 3.16. The molecule has 0 radical (unpaired) electrons. The third-order valence-electron chi connectivity index (χ3n) is 1.50. The fraction of sp³-hybridized carbons (Fsp3) is 0.333. The van der Waals surface area contributed by atoms with Crippen LogP contribution >= 0.6 is 23.2 Å². The van der Waals surface area contributed by atoms with E-state index in [1.165, 1.54) is 6.20 Å². The van der Waals surface area contributed by atoms with Gasteiger partial charge in [-0.25, -0.2) is 0 Å². The van der Waals surface area contributed by atoms with Crippen LogP contribution in [0.15, 0.2) is 12.3 Å². The Morgan fingerprint density at radius 3 is 2.79 bits per heavy atom. The molecule has 1 rings (SSSR count). The second-order valence-electron chi connectivity index (χ2n) is 2.57. The molecule has 0 aliphatic rings. The maximum absolute atomic E-state index is 11.1. The van der Waals surface area contributed by atoms with Gasteiger partial charge in [-0.15, -0.1) is 0 Å². The highest BCUT2D eigenvalue weighted by Gasteiger charge is 2.07. The Bertz CT molecular complexity index is 342. The number of pyridine rings is 1. The highest BCUT2D eigenvalue weighted by Crippen LogP contribution is 2.20. The largest absolute Gasteiger partial charge is 0.466 e. The van der Waals surface area contributed by atoms with Gasteiger partial charge in [0.1, 0.15) is 0 Å². The van der Waals surface area contributed by atoms with Crippen molar-refractivity contribution in [3.63, 3.8) is 0 Å². The molecule has 0 saturated heterocycles. The molecule has 1 aromatic rings. The molecular weight excluding hydrogens is 225 g/mol. The Labute approximate surface area is 92.0 Å². The van der Waals surface area contributed by atoms with Crippen LogP contribution < -0.4 is 0 Å². The van der Waals surface area contributed by atoms with Crippen LogP contribution in [0.25, 0.3) is 0 Å². The van der Waals surface area contributed by atoms with Crippen molar-refractivity contribution >= 4 is 29.2 Å². The van der Waals surface area contributed by atoms with E-state index < -0.39 is 0 Å². The third-order valence-corrected chi connectivity index (χ3v) is 2.21. The summed E-state index contributed by atoms with van der Waals surface area (Å²) >= 11 is 11.4. The lowest BCUT2D eigenvalue weighted by Crippen LogP contribution is -2.08. The van der Waals surface area contributed by atoms with Crippen LogP contribution in [0, 0.1) is 0 Å². The van der Waals surface area contributed by atoms with E-state index in [-0.39, 0.29) is 12.4 Å². The first kappa shape index (κ1) is 11.3. The number of hydrogen-bond acceptors (Lipinski definition) is 3. The molecule has 1 heterocycles. The van der Waals surface area contributed by atoms with Crippen molar-refractivity contribution in [2.45, 2.75) is 13.3 Å². The molecule has 0 N–H and O–H groups in total. The number of hydrogen-bond donors (Lipinski definition) is 0. The van der Waals surface area contributed by atoms with Crippen molar-refractivity contribution in [1.82, 2.24) is 4.98 Å². The van der Waals surface area contributed by atoms with Gasteiger partial charge in [-0.05, 0) is 13.0 Å². The molecule has 0 unspecified atom stereocenters. The van der Waals surface area contributed by atoms with Crippen molar-refractivity contribution < 1.29 is 9.53 Å². The van der Waals surface area contributed by atoms with Crippen LogP contribution in [0.1, 0.15) is 12.6 Å². The van der Waals surface area contributed by atoms with Gasteiger partial charge in [0.25, 0.3) is 0 Å². The SMILES string of the molecule is CCOC(=O)Cc1cc(Cl)c(Cl)cn1. The van der Waals surface area contributed by atoms with E-state index in [1.807, 2.05) is 0 Å². The molecular formula is C9H9Cl2NO2. The lowest BCUT2D eigenvalue weighted by molar-refractivity contribution is -0.142. The average Bonchev–Trinajstić information content (AvgIpc) is 2.12. The Kier molecular flexibility index (Phi) is 4.17. The topological polar surface area (TPSA) is 39.2 Å². The molecule has 0 saturated carbocycles. The van der Waals surface area contributed by atoms with E-state index in [1.54, 1.807) is 13.0 Å². The molecule has 0 bridgehead atoms. The van der Waals surface area contributed by atoms with Crippen LogP contribution in [0.3, 0.4) is 0 Å². The van der Waals surface area contributed by atoms with Gasteiger partial charge in [-0.1, -0.05) is 23.2 Å². The number of halogens is 2. The van der Waals surface area contributed by atoms with E-state index in [9.17, 15) is 4.79 Å². The predicted octanol–water partition coefficient (Wildman–Crippen LogP) is 2.49. The lowest BCUT2D eigenvalue weighted by Gasteiger charge is -2.02. The number of esters is 1. The quantitative estimate of drug-likeness (QED) is 0.754. The van der Waals surface area contributed by atoms with Crippen LogP contribution in [0.2, 0.25) is 10.0 Å². The molecule has 1 aromatic heterocycles. The monoisotopic (exact) mass is 233 g/mol. The van der Waals surface area contributed by atoms with E-state index in [2.05, 4.69) is 4.98 Å². The summed E-state index contributed by atoms with van der Waals surface area (Å²) in [4.78, 5) is 15.0. The first-order chi connectivity index (χ1) is 6.63. The highest BCUT2D eigenvalue weighted by atomic mass is 35.5. The summed E-state index contributed by atoms with van der Waals surface area (Å²) in [7, 11) is 0. The molecule has 0 aliphatic heterocycles. The van der Waals surface area contributed by atoms with E-state index in [4.69, 9.17) is 27.9 Å². The molecule has 0 amide bonds. The first-order valence-electron chi connectivity index (χ1n) is 4.09. The fourth-order valence-electron chi connectivity index (χ4n) is 0.910. The Hall–Kier alpha value is -0.800. The van der Waals surface area contributed by atoms with E-state index in [0.29, 0.717) is 22.3 Å². The van der Waals surface area contributed by atoms with E-state index >= 15 is 0 Å². The van der Waals surface area contributed by atoms with E-state index in [0.717, 1.165) is 0 Å². The molecule has 0 aliphatic carbocycles. The maximum Gasteiger partial charge on any atom is 0.311 e. The van der Waals surface area contributed by atoms with Gasteiger partial charge in [0, 0.05) is 6.20 Å². The summed E-state index contributed by atoms with van der Waals surface area (Å²) in [5, 5.41) is 0.764. The zero-order chi connectivity index (χ0) is 10.6. The highest BCUT2D eigenvalue weighted by molar-refractivity contribution is 6.41. The molecule has 76 valence electrons. The Morgan fingerprint density at radius 2 is 2.21 bits per heavy atom. The lowest BCUT2D eigenvalue weighted by atomic mass is 10.3. The first-order valence-corrected chi connectivity index (χ1v) is 4.84. The van der Waals surface area contributed by atoms with Crippen molar-refractivity contribution in [3.8, 4) is 0 Å². The number of aromatic nitrogens is 1. The second kappa shape index (κ2) is 5.17. The Morgan fingerprint density at radius 1 is 1.50 bits per heavy atom. The predicted molar refractivity (Wildman–Crippen MR) is 54.6 cm³/mol. The van der Waals surface area contributed by atoms with Gasteiger partial charge in [0.2, 0.25) is 0 Å². The van der Waals surface area contributed by atoms with Gasteiger partial charge in [0.15, 0.2) is 0 Å². The summed E-state index contributed by atoms with van der Waals surface area (Å²) < 4.78 is 4.76. The molecule has 14 heavy (non-hydrogen) atoms. The number of nitrogens with zero attached hydrogens (tertiary/aromatic N) is 1. The van der Waals surface area contributed by atoms with Gasteiger partial charge in [-0.3, -0.25) is 9.78 Å². The minimum absolute atomic E-state index is 0.116. The van der Waals surface area contributed by atoms with Crippen LogP contribution in [-0.4, -0.2) is 17.6 Å². The normalized spacial score (nSPS) is 9.93. The molecule has 0 fully saturated rings. The fourth-order valence-corrected chi connectivity index (χ4v) is 1.19. The van der Waals surface area contributed by atoms with Gasteiger partial charge in [-0.2, -0.15) is 0 Å². The summed E-state index contributed by atoms with van der Waals surface area (Å²) in [6.07, 6.45) is 1.53. The Balaban J connectivity index is 2.68. The van der Waals surface area contributed by atoms with Crippen molar-refractivity contribution in [3.05, 3.63) is 28.0 Å². The minimum atomic E-state index is -0.321. The number of carbonyl (C=O) groups excluding carboxylic acids is 1. The zero-order valence-corrected chi connectivity index (χ0v) is 9.10. The smallest absolute Gasteiger partial charge is 0.311 e. The van der Waals surface area contributed by atoms with Crippen LogP contribution in [-0.2, 0) is 16.0 Å². The molecule has 3 nitrogen and oxygen atoms in total. The van der Waals surface area contributed by atoms with Crippen LogP contribution in [0.4, 0.5) is 0 Å². The van der Waals surface area contributed by atoms with Gasteiger partial charge < -0.3 is 4.74 Å². The molecule has 0 aromatic carbocycles. The average molecular weight is 234 g/mol. The van der Waals surface area contributed by atoms with Crippen LogP contribution in [0.5, 0.6) is 0 Å². The number of rotatable bonds is 3. The number of ether oxygens (including phenoxy) is 1. The minimum Gasteiger partial charge on any atom is -0.466 e. The number of carbonyl (C=O) groups is 1.